The number of hydrogen-bond acceptors (Lipinski definition) is 3. The maximum Gasteiger partial charge on any atom is 0.537 e. The van der Waals surface area contributed by atoms with Gasteiger partial charge >= 0.3 is 8.80 Å². The van der Waals surface area contributed by atoms with Gasteiger partial charge in [0.05, 0.1) is 0 Å². The minimum Gasteiger partial charge on any atom is -0.370 e. The van der Waals surface area contributed by atoms with E-state index in [1.54, 1.807) is 0 Å². The van der Waals surface area contributed by atoms with Crippen LogP contribution in [-0.2, 0) is 34.9 Å². The molecule has 4 aromatic rings. The maximum atomic E-state index is 6.31. The molecule has 0 fully saturated rings. The van der Waals surface area contributed by atoms with Crippen LogP contribution in [0.5, 0.6) is 0 Å². The molecule has 0 spiro atoms. The first-order valence-electron chi connectivity index (χ1n) is 16.6. The van der Waals surface area contributed by atoms with Gasteiger partial charge in [0.1, 0.15) is 0 Å². The third-order valence-corrected chi connectivity index (χ3v) is 11.7. The fourth-order valence-electron chi connectivity index (χ4n) is 7.01. The number of fused-ring (bicyclic) bond motifs is 3. The van der Waals surface area contributed by atoms with E-state index in [0.717, 1.165) is 5.19 Å². The van der Waals surface area contributed by atoms with Crippen LogP contribution in [0.1, 0.15) is 126 Å². The molecule has 44 heavy (non-hydrogen) atoms. The highest BCUT2D eigenvalue weighted by Gasteiger charge is 2.43. The summed E-state index contributed by atoms with van der Waals surface area (Å²) in [7, 11) is -3.04. The monoisotopic (exact) mass is 614 g/mol. The molecule has 0 heterocycles. The standard InChI is InChI=1S/C40H58O3Si/c1-16-41-44(42-17-2,43-18-3)28-20-19-26-22-29-30(23-27(26)21-28)36(40(13,14)15)32-25-34(38(7,8)9)33(37(4,5)6)24-31(32)35(29)39(10,11)12/h19-25H,16-18H2,1-15H3. The van der Waals surface area contributed by atoms with Gasteiger partial charge in [0, 0.05) is 25.0 Å². The summed E-state index contributed by atoms with van der Waals surface area (Å²) in [5.74, 6) is 0. The van der Waals surface area contributed by atoms with Crippen LogP contribution in [-0.4, -0.2) is 28.6 Å². The first-order valence-corrected chi connectivity index (χ1v) is 18.4. The molecule has 4 heteroatoms. The van der Waals surface area contributed by atoms with E-state index in [0.29, 0.717) is 19.8 Å². The Morgan fingerprint density at radius 1 is 0.455 bits per heavy atom. The van der Waals surface area contributed by atoms with Crippen molar-refractivity contribution in [2.45, 2.75) is 126 Å². The summed E-state index contributed by atoms with van der Waals surface area (Å²) in [6.45, 7) is 36.0. The van der Waals surface area contributed by atoms with E-state index in [1.165, 1.54) is 54.6 Å². The minimum absolute atomic E-state index is 0.0207. The van der Waals surface area contributed by atoms with Crippen molar-refractivity contribution in [1.82, 2.24) is 0 Å². The van der Waals surface area contributed by atoms with Crippen LogP contribution in [0.25, 0.3) is 32.3 Å². The largest absolute Gasteiger partial charge is 0.537 e. The van der Waals surface area contributed by atoms with Crippen molar-refractivity contribution in [1.29, 1.82) is 0 Å². The Balaban J connectivity index is 2.26. The Bertz CT molecular complexity index is 1650. The summed E-state index contributed by atoms with van der Waals surface area (Å²) in [5.41, 5.74) is 5.64. The quantitative estimate of drug-likeness (QED) is 0.153. The van der Waals surface area contributed by atoms with Crippen LogP contribution in [0.4, 0.5) is 0 Å². The molecule has 0 aliphatic heterocycles. The second-order valence-electron chi connectivity index (χ2n) is 16.5. The highest BCUT2D eigenvalue weighted by Crippen LogP contribution is 2.47. The van der Waals surface area contributed by atoms with Crippen LogP contribution in [0, 0.1) is 0 Å². The van der Waals surface area contributed by atoms with Crippen molar-refractivity contribution < 1.29 is 13.3 Å². The molecule has 0 atom stereocenters. The summed E-state index contributed by atoms with van der Waals surface area (Å²) in [5, 5.41) is 8.89. The molecule has 0 aromatic heterocycles. The molecular formula is C40H58O3Si. The SMILES string of the molecule is CCO[Si](OCC)(OCC)c1ccc2cc3c(C(C)(C)C)c4cc(C(C)(C)C)c(C(C)(C)C)cc4c(C(C)(C)C)c3cc2c1. The van der Waals surface area contributed by atoms with Gasteiger partial charge in [-0.3, -0.25) is 0 Å². The van der Waals surface area contributed by atoms with Gasteiger partial charge in [-0.05, 0) is 127 Å². The molecule has 4 rings (SSSR count). The molecule has 0 N–H and O–H groups in total. The van der Waals surface area contributed by atoms with E-state index in [-0.39, 0.29) is 21.7 Å². The van der Waals surface area contributed by atoms with Crippen LogP contribution in [0.2, 0.25) is 0 Å². The molecule has 240 valence electrons. The lowest BCUT2D eigenvalue weighted by atomic mass is 9.69. The van der Waals surface area contributed by atoms with Crippen LogP contribution >= 0.6 is 0 Å². The van der Waals surface area contributed by atoms with Gasteiger partial charge in [-0.2, -0.15) is 0 Å². The number of hydrogen-bond donors (Lipinski definition) is 0. The summed E-state index contributed by atoms with van der Waals surface area (Å²) >= 11 is 0. The zero-order valence-electron chi connectivity index (χ0n) is 30.4. The van der Waals surface area contributed by atoms with Gasteiger partial charge in [-0.1, -0.05) is 95.2 Å². The van der Waals surface area contributed by atoms with Gasteiger partial charge in [-0.15, -0.1) is 0 Å². The van der Waals surface area contributed by atoms with Crippen molar-refractivity contribution >= 4 is 46.3 Å². The highest BCUT2D eigenvalue weighted by atomic mass is 28.4. The summed E-state index contributed by atoms with van der Waals surface area (Å²) in [6, 6.07) is 16.6. The molecule has 0 aliphatic carbocycles. The normalized spacial score (nSPS) is 13.9. The molecule has 0 bridgehead atoms. The van der Waals surface area contributed by atoms with Crippen LogP contribution in [0.3, 0.4) is 0 Å². The van der Waals surface area contributed by atoms with Crippen molar-refractivity contribution in [3.8, 4) is 0 Å². The molecule has 0 amide bonds. The zero-order valence-corrected chi connectivity index (χ0v) is 31.4. The predicted molar refractivity (Wildman–Crippen MR) is 194 cm³/mol. The lowest BCUT2D eigenvalue weighted by Crippen LogP contribution is -2.56. The van der Waals surface area contributed by atoms with Crippen molar-refractivity contribution in [3.63, 3.8) is 0 Å². The summed E-state index contributed by atoms with van der Waals surface area (Å²) < 4.78 is 18.9. The average molecular weight is 615 g/mol. The maximum absolute atomic E-state index is 6.31. The van der Waals surface area contributed by atoms with E-state index < -0.39 is 8.80 Å². The van der Waals surface area contributed by atoms with Gasteiger partial charge in [0.2, 0.25) is 0 Å². The fourth-order valence-corrected chi connectivity index (χ4v) is 9.52. The van der Waals surface area contributed by atoms with Gasteiger partial charge < -0.3 is 13.3 Å². The van der Waals surface area contributed by atoms with Crippen LogP contribution in [0.15, 0.2) is 42.5 Å². The third kappa shape index (κ3) is 6.38. The third-order valence-electron chi connectivity index (χ3n) is 8.68. The Morgan fingerprint density at radius 3 is 1.16 bits per heavy atom. The van der Waals surface area contributed by atoms with Crippen molar-refractivity contribution in [3.05, 3.63) is 64.7 Å². The fraction of sp³-hybridized carbons (Fsp3) is 0.550. The Kier molecular flexibility index (Phi) is 9.32. The molecule has 0 unspecified atom stereocenters. The van der Waals surface area contributed by atoms with Crippen LogP contribution < -0.4 is 5.19 Å². The van der Waals surface area contributed by atoms with Crippen molar-refractivity contribution in [2.24, 2.45) is 0 Å². The molecular weight excluding hydrogens is 557 g/mol. The van der Waals surface area contributed by atoms with Gasteiger partial charge in [0.25, 0.3) is 0 Å². The van der Waals surface area contributed by atoms with Crippen molar-refractivity contribution in [2.75, 3.05) is 19.8 Å². The Morgan fingerprint density at radius 2 is 0.818 bits per heavy atom. The molecule has 0 aliphatic rings. The van der Waals surface area contributed by atoms with E-state index in [2.05, 4.69) is 126 Å². The lowest BCUT2D eigenvalue weighted by molar-refractivity contribution is 0.0859. The Labute approximate surface area is 269 Å². The lowest BCUT2D eigenvalue weighted by Gasteiger charge is -2.35. The first kappa shape index (κ1) is 34.6. The van der Waals surface area contributed by atoms with Gasteiger partial charge in [-0.25, -0.2) is 0 Å². The second-order valence-corrected chi connectivity index (χ2v) is 19.1. The van der Waals surface area contributed by atoms with E-state index in [4.69, 9.17) is 13.3 Å². The second kappa shape index (κ2) is 11.8. The number of benzene rings is 4. The smallest absolute Gasteiger partial charge is 0.370 e. The zero-order chi connectivity index (χ0) is 33.0. The molecule has 0 saturated carbocycles. The summed E-state index contributed by atoms with van der Waals surface area (Å²) in [4.78, 5) is 0. The first-order chi connectivity index (χ1) is 20.2. The number of rotatable bonds is 7. The van der Waals surface area contributed by atoms with E-state index in [9.17, 15) is 0 Å². The predicted octanol–water partition coefficient (Wildman–Crippen LogP) is 10.6. The molecule has 0 radical (unpaired) electrons. The van der Waals surface area contributed by atoms with E-state index in [1.807, 2.05) is 20.8 Å². The molecule has 3 nitrogen and oxygen atoms in total. The average Bonchev–Trinajstić information content (AvgIpc) is 2.87. The minimum atomic E-state index is -3.04. The topological polar surface area (TPSA) is 27.7 Å². The summed E-state index contributed by atoms with van der Waals surface area (Å²) in [6.07, 6.45) is 0. The van der Waals surface area contributed by atoms with E-state index >= 15 is 0 Å². The Hall–Kier alpha value is -2.24. The highest BCUT2D eigenvalue weighted by molar-refractivity contribution is 6.75. The van der Waals surface area contributed by atoms with Gasteiger partial charge in [0.15, 0.2) is 0 Å². The molecule has 4 aromatic carbocycles. The molecule has 0 saturated heterocycles.